The van der Waals surface area contributed by atoms with Gasteiger partial charge in [-0.25, -0.2) is 4.98 Å². The van der Waals surface area contributed by atoms with Crippen molar-refractivity contribution in [2.75, 3.05) is 26.2 Å². The lowest BCUT2D eigenvalue weighted by atomic mass is 9.88. The van der Waals surface area contributed by atoms with Gasteiger partial charge in [0.1, 0.15) is 5.82 Å². The van der Waals surface area contributed by atoms with Crippen LogP contribution in [0.4, 0.5) is 0 Å². The SMILES string of the molecule is Cc1nc2c([nH]1)CC(C(=O)N1CCN(C(C)C)CC1)CC2. The first kappa shape index (κ1) is 14.6. The summed E-state index contributed by atoms with van der Waals surface area (Å²) in [5.74, 6) is 1.46. The summed E-state index contributed by atoms with van der Waals surface area (Å²) in [4.78, 5) is 25.0. The predicted molar refractivity (Wildman–Crippen MR) is 82.1 cm³/mol. The summed E-state index contributed by atoms with van der Waals surface area (Å²) in [6, 6.07) is 0.576. The molecule has 5 nitrogen and oxygen atoms in total. The van der Waals surface area contributed by atoms with Crippen LogP contribution in [-0.4, -0.2) is 57.9 Å². The van der Waals surface area contributed by atoms with Gasteiger partial charge in [-0.1, -0.05) is 0 Å². The van der Waals surface area contributed by atoms with Crippen LogP contribution in [0.2, 0.25) is 0 Å². The van der Waals surface area contributed by atoms with Crippen LogP contribution in [0.1, 0.15) is 37.5 Å². The number of aryl methyl sites for hydroxylation is 2. The maximum Gasteiger partial charge on any atom is 0.226 e. The highest BCUT2D eigenvalue weighted by Gasteiger charge is 2.31. The van der Waals surface area contributed by atoms with Gasteiger partial charge in [0, 0.05) is 50.3 Å². The van der Waals surface area contributed by atoms with E-state index in [0.29, 0.717) is 11.9 Å². The molecule has 1 aliphatic carbocycles. The van der Waals surface area contributed by atoms with Crippen LogP contribution in [0.3, 0.4) is 0 Å². The Morgan fingerprint density at radius 3 is 2.67 bits per heavy atom. The topological polar surface area (TPSA) is 52.2 Å². The number of amides is 1. The van der Waals surface area contributed by atoms with Gasteiger partial charge in [0.15, 0.2) is 0 Å². The number of aromatic nitrogens is 2. The molecule has 1 N–H and O–H groups in total. The van der Waals surface area contributed by atoms with Gasteiger partial charge in [-0.3, -0.25) is 9.69 Å². The molecule has 0 spiro atoms. The number of hydrogen-bond donors (Lipinski definition) is 1. The Bertz CT molecular complexity index is 514. The van der Waals surface area contributed by atoms with Crippen LogP contribution in [0, 0.1) is 12.8 Å². The molecule has 3 rings (SSSR count). The maximum atomic E-state index is 12.7. The molecule has 0 aromatic carbocycles. The molecule has 1 saturated heterocycles. The second kappa shape index (κ2) is 5.79. The number of fused-ring (bicyclic) bond motifs is 1. The van der Waals surface area contributed by atoms with Crippen molar-refractivity contribution < 1.29 is 4.79 Å². The lowest BCUT2D eigenvalue weighted by Gasteiger charge is -2.38. The Morgan fingerprint density at radius 2 is 2.00 bits per heavy atom. The number of nitrogens with zero attached hydrogens (tertiary/aromatic N) is 3. The van der Waals surface area contributed by atoms with E-state index in [9.17, 15) is 4.79 Å². The van der Waals surface area contributed by atoms with E-state index < -0.39 is 0 Å². The molecule has 2 heterocycles. The van der Waals surface area contributed by atoms with Crippen molar-refractivity contribution in [1.82, 2.24) is 19.8 Å². The van der Waals surface area contributed by atoms with Gasteiger partial charge < -0.3 is 9.88 Å². The van der Waals surface area contributed by atoms with Gasteiger partial charge in [0.25, 0.3) is 0 Å². The normalized spacial score (nSPS) is 23.4. The highest BCUT2D eigenvalue weighted by Crippen LogP contribution is 2.25. The molecule has 2 aliphatic rings. The maximum absolute atomic E-state index is 12.7. The molecule has 1 amide bonds. The predicted octanol–water partition coefficient (Wildman–Crippen LogP) is 1.38. The molecular formula is C16H26N4O. The summed E-state index contributed by atoms with van der Waals surface area (Å²) < 4.78 is 0. The van der Waals surface area contributed by atoms with Crippen LogP contribution in [0.5, 0.6) is 0 Å². The van der Waals surface area contributed by atoms with E-state index in [0.717, 1.165) is 51.3 Å². The zero-order valence-corrected chi connectivity index (χ0v) is 13.4. The molecule has 1 fully saturated rings. The largest absolute Gasteiger partial charge is 0.346 e. The number of piperazine rings is 1. The van der Waals surface area contributed by atoms with E-state index in [1.54, 1.807) is 0 Å². The van der Waals surface area contributed by atoms with Gasteiger partial charge in [-0.15, -0.1) is 0 Å². The number of carbonyl (C=O) groups excluding carboxylic acids is 1. The van der Waals surface area contributed by atoms with E-state index in [2.05, 4.69) is 33.6 Å². The summed E-state index contributed by atoms with van der Waals surface area (Å²) in [7, 11) is 0. The molecule has 1 aromatic rings. The van der Waals surface area contributed by atoms with Crippen LogP contribution < -0.4 is 0 Å². The fourth-order valence-corrected chi connectivity index (χ4v) is 3.55. The van der Waals surface area contributed by atoms with Crippen molar-refractivity contribution in [3.8, 4) is 0 Å². The standard InChI is InChI=1S/C16H26N4O/c1-11(2)19-6-8-20(9-7-19)16(21)13-4-5-14-15(10-13)18-12(3)17-14/h11,13H,4-10H2,1-3H3,(H,17,18). The van der Waals surface area contributed by atoms with E-state index >= 15 is 0 Å². The third kappa shape index (κ3) is 2.98. The second-order valence-corrected chi connectivity index (χ2v) is 6.64. The van der Waals surface area contributed by atoms with E-state index in [4.69, 9.17) is 0 Å². The number of rotatable bonds is 2. The van der Waals surface area contributed by atoms with Crippen LogP contribution in [0.15, 0.2) is 0 Å². The Kier molecular flexibility index (Phi) is 4.02. The molecule has 21 heavy (non-hydrogen) atoms. The first-order valence-corrected chi connectivity index (χ1v) is 8.12. The number of hydrogen-bond acceptors (Lipinski definition) is 3. The molecule has 1 atom stereocenters. The number of aromatic amines is 1. The fraction of sp³-hybridized carbons (Fsp3) is 0.750. The Labute approximate surface area is 126 Å². The van der Waals surface area contributed by atoms with E-state index in [-0.39, 0.29) is 5.92 Å². The number of carbonyl (C=O) groups is 1. The minimum Gasteiger partial charge on any atom is -0.346 e. The van der Waals surface area contributed by atoms with E-state index in [1.807, 2.05) is 6.92 Å². The van der Waals surface area contributed by atoms with Crippen LogP contribution >= 0.6 is 0 Å². The van der Waals surface area contributed by atoms with Gasteiger partial charge in [0.05, 0.1) is 5.69 Å². The second-order valence-electron chi connectivity index (χ2n) is 6.64. The minimum atomic E-state index is 0.142. The minimum absolute atomic E-state index is 0.142. The van der Waals surface area contributed by atoms with Crippen LogP contribution in [0.25, 0.3) is 0 Å². The molecule has 1 unspecified atom stereocenters. The van der Waals surface area contributed by atoms with Crippen molar-refractivity contribution in [2.24, 2.45) is 5.92 Å². The Balaban J connectivity index is 1.60. The zero-order valence-electron chi connectivity index (χ0n) is 13.4. The number of imidazole rings is 1. The lowest BCUT2D eigenvalue weighted by molar-refractivity contribution is -0.138. The number of nitrogens with one attached hydrogen (secondary N) is 1. The van der Waals surface area contributed by atoms with Crippen molar-refractivity contribution in [1.29, 1.82) is 0 Å². The van der Waals surface area contributed by atoms with Crippen molar-refractivity contribution >= 4 is 5.91 Å². The molecule has 0 saturated carbocycles. The van der Waals surface area contributed by atoms with Gasteiger partial charge >= 0.3 is 0 Å². The zero-order chi connectivity index (χ0) is 15.0. The van der Waals surface area contributed by atoms with Gasteiger partial charge in [-0.05, 0) is 33.6 Å². The number of H-pyrrole nitrogens is 1. The summed E-state index contributed by atoms with van der Waals surface area (Å²) in [6.07, 6.45) is 2.71. The Morgan fingerprint density at radius 1 is 1.29 bits per heavy atom. The molecule has 1 aliphatic heterocycles. The fourth-order valence-electron chi connectivity index (χ4n) is 3.55. The van der Waals surface area contributed by atoms with Crippen molar-refractivity contribution in [3.05, 3.63) is 17.2 Å². The molecular weight excluding hydrogens is 264 g/mol. The average molecular weight is 290 g/mol. The van der Waals surface area contributed by atoms with Crippen molar-refractivity contribution in [3.63, 3.8) is 0 Å². The first-order chi connectivity index (χ1) is 10.0. The average Bonchev–Trinajstić information content (AvgIpc) is 2.85. The Hall–Kier alpha value is -1.36. The highest BCUT2D eigenvalue weighted by molar-refractivity contribution is 5.79. The van der Waals surface area contributed by atoms with E-state index in [1.165, 1.54) is 11.4 Å². The molecule has 116 valence electrons. The summed E-state index contributed by atoms with van der Waals surface area (Å²) >= 11 is 0. The molecule has 1 aromatic heterocycles. The summed E-state index contributed by atoms with van der Waals surface area (Å²) in [5.41, 5.74) is 2.35. The quantitative estimate of drug-likeness (QED) is 0.895. The first-order valence-electron chi connectivity index (χ1n) is 8.12. The molecule has 5 heteroatoms. The highest BCUT2D eigenvalue weighted by atomic mass is 16.2. The van der Waals surface area contributed by atoms with Crippen LogP contribution in [-0.2, 0) is 17.6 Å². The van der Waals surface area contributed by atoms with Crippen molar-refractivity contribution in [2.45, 2.75) is 46.1 Å². The molecule has 0 radical (unpaired) electrons. The third-order valence-corrected chi connectivity index (χ3v) is 4.87. The lowest BCUT2D eigenvalue weighted by Crippen LogP contribution is -2.52. The van der Waals surface area contributed by atoms with Gasteiger partial charge in [-0.2, -0.15) is 0 Å². The summed E-state index contributed by atoms with van der Waals surface area (Å²) in [6.45, 7) is 10.2. The smallest absolute Gasteiger partial charge is 0.226 e. The van der Waals surface area contributed by atoms with Gasteiger partial charge in [0.2, 0.25) is 5.91 Å². The molecule has 0 bridgehead atoms. The monoisotopic (exact) mass is 290 g/mol. The third-order valence-electron chi connectivity index (χ3n) is 4.87. The summed E-state index contributed by atoms with van der Waals surface area (Å²) in [5, 5.41) is 0.